The SMILES string of the molecule is Cc1ccccc1C(CC(N=O)c1cc(Cl)ncc1F)c1ccc(-c2ccc(C(=O)O)cc2)cc1. The van der Waals surface area contributed by atoms with Gasteiger partial charge in [0.15, 0.2) is 0 Å². The van der Waals surface area contributed by atoms with Crippen LogP contribution < -0.4 is 0 Å². The Kier molecular flexibility index (Phi) is 7.32. The third-order valence-electron chi connectivity index (χ3n) is 6.14. The van der Waals surface area contributed by atoms with Gasteiger partial charge in [0.05, 0.1) is 11.8 Å². The first kappa shape index (κ1) is 24.2. The van der Waals surface area contributed by atoms with Gasteiger partial charge in [0.25, 0.3) is 0 Å². The number of hydrogen-bond acceptors (Lipinski definition) is 4. The summed E-state index contributed by atoms with van der Waals surface area (Å²) in [6.07, 6.45) is 1.25. The Bertz CT molecular complexity index is 1360. The van der Waals surface area contributed by atoms with Crippen molar-refractivity contribution in [1.82, 2.24) is 4.98 Å². The lowest BCUT2D eigenvalue weighted by Gasteiger charge is -2.23. The Morgan fingerprint density at radius 1 is 1.00 bits per heavy atom. The van der Waals surface area contributed by atoms with Gasteiger partial charge < -0.3 is 5.11 Å². The molecule has 0 aliphatic heterocycles. The molecule has 0 radical (unpaired) electrons. The molecule has 0 saturated carbocycles. The molecule has 0 saturated heterocycles. The molecule has 2 atom stereocenters. The smallest absolute Gasteiger partial charge is 0.335 e. The Labute approximate surface area is 207 Å². The molecule has 2 unspecified atom stereocenters. The average molecular weight is 489 g/mol. The molecule has 176 valence electrons. The first-order valence-electron chi connectivity index (χ1n) is 11.0. The lowest BCUT2D eigenvalue weighted by molar-refractivity contribution is 0.0697. The molecule has 0 spiro atoms. The Hall–Kier alpha value is -3.90. The second-order valence-corrected chi connectivity index (χ2v) is 8.69. The molecule has 0 bridgehead atoms. The highest BCUT2D eigenvalue weighted by Crippen LogP contribution is 2.38. The molecule has 35 heavy (non-hydrogen) atoms. The molecule has 4 aromatic rings. The summed E-state index contributed by atoms with van der Waals surface area (Å²) in [6, 6.07) is 22.7. The number of aromatic nitrogens is 1. The van der Waals surface area contributed by atoms with E-state index in [0.29, 0.717) is 0 Å². The molecule has 1 aromatic heterocycles. The Morgan fingerprint density at radius 2 is 1.63 bits per heavy atom. The average Bonchev–Trinajstić information content (AvgIpc) is 2.87. The van der Waals surface area contributed by atoms with Crippen LogP contribution in [0.25, 0.3) is 11.1 Å². The van der Waals surface area contributed by atoms with Crippen LogP contribution in [0.3, 0.4) is 0 Å². The minimum absolute atomic E-state index is 0.0979. The third kappa shape index (κ3) is 5.44. The molecule has 0 amide bonds. The zero-order chi connectivity index (χ0) is 24.9. The molecule has 7 heteroatoms. The fourth-order valence-corrected chi connectivity index (χ4v) is 4.43. The van der Waals surface area contributed by atoms with Crippen molar-refractivity contribution in [2.24, 2.45) is 5.18 Å². The van der Waals surface area contributed by atoms with Gasteiger partial charge in [-0.3, -0.25) is 0 Å². The first-order chi connectivity index (χ1) is 16.9. The van der Waals surface area contributed by atoms with Crippen LogP contribution in [0.4, 0.5) is 4.39 Å². The molecule has 3 aromatic carbocycles. The van der Waals surface area contributed by atoms with Crippen molar-refractivity contribution in [2.75, 3.05) is 0 Å². The molecule has 1 heterocycles. The highest BCUT2D eigenvalue weighted by atomic mass is 35.5. The zero-order valence-corrected chi connectivity index (χ0v) is 19.6. The standard InChI is InChI=1S/C28H22ClFN2O3/c1-17-4-2-3-5-22(17)23(14-26(32-35)24-15-27(29)31-16-25(24)30)20-10-6-18(7-11-20)19-8-12-21(13-9-19)28(33)34/h2-13,15-16,23,26H,14H2,1H3,(H,33,34). The molecule has 5 nitrogen and oxygen atoms in total. The van der Waals surface area contributed by atoms with Crippen LogP contribution in [0.5, 0.6) is 0 Å². The number of aromatic carboxylic acids is 1. The van der Waals surface area contributed by atoms with E-state index in [1.54, 1.807) is 24.3 Å². The summed E-state index contributed by atoms with van der Waals surface area (Å²) in [5.74, 6) is -1.82. The number of aryl methyl sites for hydroxylation is 1. The van der Waals surface area contributed by atoms with E-state index in [-0.39, 0.29) is 28.6 Å². The van der Waals surface area contributed by atoms with Gasteiger partial charge in [0.2, 0.25) is 0 Å². The van der Waals surface area contributed by atoms with Crippen LogP contribution in [-0.2, 0) is 0 Å². The van der Waals surface area contributed by atoms with Crippen molar-refractivity contribution in [3.05, 3.63) is 129 Å². The molecule has 1 N–H and O–H groups in total. The molecular weight excluding hydrogens is 467 g/mol. The number of carboxylic acids is 1. The zero-order valence-electron chi connectivity index (χ0n) is 18.9. The van der Waals surface area contributed by atoms with Crippen LogP contribution >= 0.6 is 11.6 Å². The quantitative estimate of drug-likeness (QED) is 0.205. The number of carbonyl (C=O) groups is 1. The second-order valence-electron chi connectivity index (χ2n) is 8.30. The van der Waals surface area contributed by atoms with Crippen molar-refractivity contribution in [1.29, 1.82) is 0 Å². The van der Waals surface area contributed by atoms with Crippen molar-refractivity contribution in [2.45, 2.75) is 25.3 Å². The van der Waals surface area contributed by atoms with Gasteiger partial charge >= 0.3 is 5.97 Å². The lowest BCUT2D eigenvalue weighted by Crippen LogP contribution is -2.10. The van der Waals surface area contributed by atoms with Gasteiger partial charge in [0.1, 0.15) is 17.0 Å². The van der Waals surface area contributed by atoms with Crippen molar-refractivity contribution < 1.29 is 14.3 Å². The Morgan fingerprint density at radius 3 is 2.23 bits per heavy atom. The summed E-state index contributed by atoms with van der Waals surface area (Å²) in [5.41, 5.74) is 5.15. The van der Waals surface area contributed by atoms with Crippen molar-refractivity contribution >= 4 is 17.6 Å². The van der Waals surface area contributed by atoms with Crippen LogP contribution in [0.15, 0.2) is 90.2 Å². The van der Waals surface area contributed by atoms with Crippen LogP contribution in [0, 0.1) is 17.6 Å². The summed E-state index contributed by atoms with van der Waals surface area (Å²) in [7, 11) is 0. The van der Waals surface area contributed by atoms with E-state index >= 15 is 0 Å². The summed E-state index contributed by atoms with van der Waals surface area (Å²) in [5, 5.41) is 12.5. The number of halogens is 2. The van der Waals surface area contributed by atoms with Crippen molar-refractivity contribution in [3.8, 4) is 11.1 Å². The Balaban J connectivity index is 1.70. The van der Waals surface area contributed by atoms with E-state index in [9.17, 15) is 14.1 Å². The maximum absolute atomic E-state index is 14.5. The number of rotatable bonds is 8. The van der Waals surface area contributed by atoms with E-state index in [2.05, 4.69) is 10.2 Å². The van der Waals surface area contributed by atoms with E-state index in [1.165, 1.54) is 6.07 Å². The monoisotopic (exact) mass is 488 g/mol. The summed E-state index contributed by atoms with van der Waals surface area (Å²) in [4.78, 5) is 26.7. The van der Waals surface area contributed by atoms with Crippen LogP contribution in [0.1, 0.15) is 51.0 Å². The number of benzene rings is 3. The van der Waals surface area contributed by atoms with Crippen molar-refractivity contribution in [3.63, 3.8) is 0 Å². The van der Waals surface area contributed by atoms with Crippen LogP contribution in [-0.4, -0.2) is 16.1 Å². The number of nitroso groups, excluding NO2 is 1. The van der Waals surface area contributed by atoms with Gasteiger partial charge in [-0.25, -0.2) is 14.2 Å². The van der Waals surface area contributed by atoms with Gasteiger partial charge in [-0.05, 0) is 59.4 Å². The van der Waals surface area contributed by atoms with Gasteiger partial charge in [0, 0.05) is 11.5 Å². The number of nitrogens with zero attached hydrogens (tertiary/aromatic N) is 2. The molecule has 4 rings (SSSR count). The van der Waals surface area contributed by atoms with E-state index in [0.717, 1.165) is 34.0 Å². The van der Waals surface area contributed by atoms with Gasteiger partial charge in [-0.15, -0.1) is 0 Å². The molecular formula is C28H22ClFN2O3. The predicted molar refractivity (Wildman–Crippen MR) is 134 cm³/mol. The first-order valence-corrected chi connectivity index (χ1v) is 11.4. The minimum Gasteiger partial charge on any atom is -0.478 e. The van der Waals surface area contributed by atoms with E-state index in [1.807, 2.05) is 55.5 Å². The molecule has 0 aliphatic rings. The van der Waals surface area contributed by atoms with E-state index in [4.69, 9.17) is 16.7 Å². The fraction of sp³-hybridized carbons (Fsp3) is 0.143. The van der Waals surface area contributed by atoms with Crippen LogP contribution in [0.2, 0.25) is 5.15 Å². The second kappa shape index (κ2) is 10.6. The summed E-state index contributed by atoms with van der Waals surface area (Å²) < 4.78 is 14.5. The maximum Gasteiger partial charge on any atom is 0.335 e. The highest BCUT2D eigenvalue weighted by molar-refractivity contribution is 6.29. The largest absolute Gasteiger partial charge is 0.478 e. The minimum atomic E-state index is -0.974. The number of hydrogen-bond donors (Lipinski definition) is 1. The predicted octanol–water partition coefficient (Wildman–Crippen LogP) is 7.58. The molecule has 0 fully saturated rings. The maximum atomic E-state index is 14.5. The fourth-order valence-electron chi connectivity index (χ4n) is 4.27. The number of pyridine rings is 1. The van der Waals surface area contributed by atoms with Gasteiger partial charge in [-0.2, -0.15) is 4.91 Å². The highest BCUT2D eigenvalue weighted by Gasteiger charge is 2.26. The third-order valence-corrected chi connectivity index (χ3v) is 6.35. The summed E-state index contributed by atoms with van der Waals surface area (Å²) in [6.45, 7) is 1.99. The van der Waals surface area contributed by atoms with E-state index < -0.39 is 17.8 Å². The lowest BCUT2D eigenvalue weighted by atomic mass is 9.82. The normalized spacial score (nSPS) is 12.7. The number of carboxylic acid groups (broad SMARTS) is 1. The summed E-state index contributed by atoms with van der Waals surface area (Å²) >= 11 is 5.96. The molecule has 0 aliphatic carbocycles. The topological polar surface area (TPSA) is 79.6 Å². The van der Waals surface area contributed by atoms with Gasteiger partial charge in [-0.1, -0.05) is 77.4 Å².